The van der Waals surface area contributed by atoms with Gasteiger partial charge in [0.15, 0.2) is 5.13 Å². The molecule has 1 aromatic heterocycles. The first kappa shape index (κ1) is 13.5. The fraction of sp³-hybridized carbons (Fsp3) is 0.692. The van der Waals surface area contributed by atoms with E-state index in [0.717, 1.165) is 12.3 Å². The summed E-state index contributed by atoms with van der Waals surface area (Å²) in [4.78, 5) is 15.9. The highest BCUT2D eigenvalue weighted by Gasteiger charge is 2.16. The number of nitrogens with one attached hydrogen (secondary N) is 1. The van der Waals surface area contributed by atoms with Crippen LogP contribution in [0.25, 0.3) is 0 Å². The highest BCUT2D eigenvalue weighted by molar-refractivity contribution is 7.13. The Kier molecular flexibility index (Phi) is 4.72. The number of hydrogen-bond acceptors (Lipinski definition) is 4. The summed E-state index contributed by atoms with van der Waals surface area (Å²) in [5, 5.41) is 14.5. The number of anilines is 1. The number of nitrogens with zero attached hydrogens (tertiary/aromatic N) is 1. The molecule has 0 aliphatic heterocycles. The third-order valence-corrected chi connectivity index (χ3v) is 4.23. The summed E-state index contributed by atoms with van der Waals surface area (Å²) in [6.45, 7) is 1.67. The number of carbonyl (C=O) groups is 1. The maximum Gasteiger partial charge on any atom is 0.226 e. The maximum absolute atomic E-state index is 11.7. The molecule has 4 nitrogen and oxygen atoms in total. The fourth-order valence-electron chi connectivity index (χ4n) is 2.35. The molecule has 0 aromatic carbocycles. The van der Waals surface area contributed by atoms with Gasteiger partial charge in [-0.05, 0) is 19.3 Å². The highest BCUT2D eigenvalue weighted by atomic mass is 32.1. The molecule has 2 N–H and O–H groups in total. The number of carbonyl (C=O) groups excluding carboxylic acids is 1. The quantitative estimate of drug-likeness (QED) is 0.862. The molecule has 18 heavy (non-hydrogen) atoms. The van der Waals surface area contributed by atoms with Crippen LogP contribution in [-0.2, 0) is 4.79 Å². The van der Waals surface area contributed by atoms with Crippen LogP contribution in [0.5, 0.6) is 0 Å². The molecule has 1 saturated carbocycles. The lowest BCUT2D eigenvalue weighted by atomic mass is 10.0. The Labute approximate surface area is 111 Å². The zero-order chi connectivity index (χ0) is 13.0. The maximum atomic E-state index is 11.7. The van der Waals surface area contributed by atoms with E-state index in [1.807, 2.05) is 0 Å². The van der Waals surface area contributed by atoms with E-state index in [1.54, 1.807) is 12.3 Å². The lowest BCUT2D eigenvalue weighted by molar-refractivity contribution is -0.116. The lowest BCUT2D eigenvalue weighted by Gasteiger charge is -2.07. The van der Waals surface area contributed by atoms with E-state index in [4.69, 9.17) is 0 Å². The van der Waals surface area contributed by atoms with Crippen molar-refractivity contribution in [1.29, 1.82) is 0 Å². The Morgan fingerprint density at radius 2 is 2.33 bits per heavy atom. The van der Waals surface area contributed by atoms with Crippen LogP contribution in [0.2, 0.25) is 0 Å². The van der Waals surface area contributed by atoms with Crippen molar-refractivity contribution in [1.82, 2.24) is 4.98 Å². The second-order valence-electron chi connectivity index (χ2n) is 4.99. The molecule has 0 radical (unpaired) electrons. The second kappa shape index (κ2) is 6.29. The molecule has 0 spiro atoms. The predicted octanol–water partition coefficient (Wildman–Crippen LogP) is 3.11. The van der Waals surface area contributed by atoms with Crippen molar-refractivity contribution in [3.63, 3.8) is 0 Å². The van der Waals surface area contributed by atoms with Gasteiger partial charge in [-0.2, -0.15) is 0 Å². The van der Waals surface area contributed by atoms with Gasteiger partial charge in [0.1, 0.15) is 0 Å². The zero-order valence-electron chi connectivity index (χ0n) is 10.7. The summed E-state index contributed by atoms with van der Waals surface area (Å²) in [6, 6.07) is 0. The first-order chi connectivity index (χ1) is 8.65. The minimum atomic E-state index is -0.578. The molecule has 2 rings (SSSR count). The van der Waals surface area contributed by atoms with E-state index in [2.05, 4.69) is 10.3 Å². The second-order valence-corrected chi connectivity index (χ2v) is 5.85. The molecule has 1 fully saturated rings. The molecule has 1 amide bonds. The SMILES string of the molecule is CC(O)c1csc(NC(=O)CCC2CCCC2)n1. The summed E-state index contributed by atoms with van der Waals surface area (Å²) in [7, 11) is 0. The van der Waals surface area contributed by atoms with Gasteiger partial charge in [0.05, 0.1) is 11.8 Å². The molecule has 1 heterocycles. The van der Waals surface area contributed by atoms with Crippen LogP contribution >= 0.6 is 11.3 Å². The van der Waals surface area contributed by atoms with Crippen LogP contribution in [0.3, 0.4) is 0 Å². The number of aromatic nitrogens is 1. The standard InChI is InChI=1S/C13H20N2O2S/c1-9(16)11-8-18-13(14-11)15-12(17)7-6-10-4-2-3-5-10/h8-10,16H,2-7H2,1H3,(H,14,15,17). The van der Waals surface area contributed by atoms with E-state index in [-0.39, 0.29) is 5.91 Å². The molecule has 5 heteroatoms. The van der Waals surface area contributed by atoms with Crippen molar-refractivity contribution < 1.29 is 9.90 Å². The Bertz CT molecular complexity index is 397. The number of aliphatic hydroxyl groups excluding tert-OH is 1. The molecule has 1 unspecified atom stereocenters. The molecule has 100 valence electrons. The summed E-state index contributed by atoms with van der Waals surface area (Å²) in [5.74, 6) is 0.772. The molecule has 1 aliphatic rings. The van der Waals surface area contributed by atoms with Crippen molar-refractivity contribution in [3.8, 4) is 0 Å². The van der Waals surface area contributed by atoms with Gasteiger partial charge in [-0.3, -0.25) is 4.79 Å². The minimum absolute atomic E-state index is 0.0355. The van der Waals surface area contributed by atoms with Crippen LogP contribution < -0.4 is 5.32 Å². The third-order valence-electron chi connectivity index (χ3n) is 3.45. The van der Waals surface area contributed by atoms with Gasteiger partial charge in [-0.1, -0.05) is 25.7 Å². The first-order valence-corrected chi connectivity index (χ1v) is 7.46. The zero-order valence-corrected chi connectivity index (χ0v) is 11.5. The minimum Gasteiger partial charge on any atom is -0.387 e. The molecule has 1 atom stereocenters. The number of amides is 1. The van der Waals surface area contributed by atoms with Crippen LogP contribution in [0.15, 0.2) is 5.38 Å². The van der Waals surface area contributed by atoms with Gasteiger partial charge in [-0.15, -0.1) is 11.3 Å². The van der Waals surface area contributed by atoms with Gasteiger partial charge in [0.2, 0.25) is 5.91 Å². The molecular formula is C13H20N2O2S. The van der Waals surface area contributed by atoms with E-state index in [1.165, 1.54) is 37.0 Å². The average molecular weight is 268 g/mol. The number of thiazole rings is 1. The van der Waals surface area contributed by atoms with Crippen LogP contribution in [-0.4, -0.2) is 16.0 Å². The first-order valence-electron chi connectivity index (χ1n) is 6.58. The highest BCUT2D eigenvalue weighted by Crippen LogP contribution is 2.28. The van der Waals surface area contributed by atoms with Crippen LogP contribution in [0, 0.1) is 5.92 Å². The topological polar surface area (TPSA) is 62.2 Å². The van der Waals surface area contributed by atoms with Crippen molar-refractivity contribution in [3.05, 3.63) is 11.1 Å². The summed E-state index contributed by atoms with van der Waals surface area (Å²) in [5.41, 5.74) is 0.617. The predicted molar refractivity (Wildman–Crippen MR) is 72.6 cm³/mol. The lowest BCUT2D eigenvalue weighted by Crippen LogP contribution is -2.12. The van der Waals surface area contributed by atoms with Crippen molar-refractivity contribution in [2.75, 3.05) is 5.32 Å². The third kappa shape index (κ3) is 3.78. The van der Waals surface area contributed by atoms with Crippen molar-refractivity contribution in [2.24, 2.45) is 5.92 Å². The van der Waals surface area contributed by atoms with E-state index in [9.17, 15) is 9.90 Å². The molecule has 0 bridgehead atoms. The molecule has 0 saturated heterocycles. The van der Waals surface area contributed by atoms with E-state index >= 15 is 0 Å². The molecule has 1 aromatic rings. The fourth-order valence-corrected chi connectivity index (χ4v) is 3.16. The normalized spacial score (nSPS) is 17.9. The van der Waals surface area contributed by atoms with Gasteiger partial charge in [0.25, 0.3) is 0 Å². The van der Waals surface area contributed by atoms with Gasteiger partial charge in [-0.25, -0.2) is 4.98 Å². The average Bonchev–Trinajstić information content (AvgIpc) is 2.96. The summed E-state index contributed by atoms with van der Waals surface area (Å²) in [6.07, 6.45) is 6.17. The smallest absolute Gasteiger partial charge is 0.226 e. The summed E-state index contributed by atoms with van der Waals surface area (Å²) >= 11 is 1.36. The Hall–Kier alpha value is -0.940. The summed E-state index contributed by atoms with van der Waals surface area (Å²) < 4.78 is 0. The number of rotatable bonds is 5. The Morgan fingerprint density at radius 1 is 1.61 bits per heavy atom. The largest absolute Gasteiger partial charge is 0.387 e. The van der Waals surface area contributed by atoms with Crippen LogP contribution in [0.4, 0.5) is 5.13 Å². The van der Waals surface area contributed by atoms with Crippen molar-refractivity contribution in [2.45, 2.75) is 51.6 Å². The number of hydrogen-bond donors (Lipinski definition) is 2. The Morgan fingerprint density at radius 3 is 2.94 bits per heavy atom. The van der Waals surface area contributed by atoms with Crippen LogP contribution in [0.1, 0.15) is 57.2 Å². The monoisotopic (exact) mass is 268 g/mol. The van der Waals surface area contributed by atoms with Gasteiger partial charge < -0.3 is 10.4 Å². The van der Waals surface area contributed by atoms with E-state index < -0.39 is 6.10 Å². The molecular weight excluding hydrogens is 248 g/mol. The Balaban J connectivity index is 1.75. The van der Waals surface area contributed by atoms with Crippen molar-refractivity contribution >= 4 is 22.4 Å². The van der Waals surface area contributed by atoms with E-state index in [0.29, 0.717) is 17.2 Å². The van der Waals surface area contributed by atoms with Gasteiger partial charge >= 0.3 is 0 Å². The van der Waals surface area contributed by atoms with Gasteiger partial charge in [0, 0.05) is 11.8 Å². The number of aliphatic hydroxyl groups is 1. The molecule has 1 aliphatic carbocycles.